The number of halogens is 1. The summed E-state index contributed by atoms with van der Waals surface area (Å²) in [5.41, 5.74) is 4.13. The molecule has 2 heterocycles. The molecule has 2 aromatic carbocycles. The number of aliphatic carboxylic acids is 1. The van der Waals surface area contributed by atoms with Crippen molar-refractivity contribution in [1.82, 2.24) is 5.32 Å². The quantitative estimate of drug-likeness (QED) is 0.589. The Labute approximate surface area is 178 Å². The Morgan fingerprint density at radius 2 is 2.10 bits per heavy atom. The van der Waals surface area contributed by atoms with Crippen molar-refractivity contribution in [2.24, 2.45) is 0 Å². The van der Waals surface area contributed by atoms with Gasteiger partial charge in [-0.3, -0.25) is 9.59 Å². The van der Waals surface area contributed by atoms with E-state index in [-0.39, 0.29) is 5.91 Å². The molecular weight excluding hydrogens is 403 g/mol. The van der Waals surface area contributed by atoms with Crippen LogP contribution in [0.25, 0.3) is 11.3 Å². The van der Waals surface area contributed by atoms with E-state index in [2.05, 4.69) is 10.6 Å². The first-order valence-corrected chi connectivity index (χ1v) is 9.98. The number of hydrogen-bond acceptors (Lipinski definition) is 5. The summed E-state index contributed by atoms with van der Waals surface area (Å²) in [7, 11) is 1.48. The average molecular weight is 426 g/mol. The third kappa shape index (κ3) is 4.04. The van der Waals surface area contributed by atoms with E-state index >= 15 is 0 Å². The number of nitrogens with one attached hydrogen (secondary N) is 2. The second-order valence-corrected chi connectivity index (χ2v) is 7.59. The van der Waals surface area contributed by atoms with Crippen molar-refractivity contribution >= 4 is 28.9 Å². The molecule has 0 radical (unpaired) electrons. The summed E-state index contributed by atoms with van der Waals surface area (Å²) >= 11 is 0. The van der Waals surface area contributed by atoms with Crippen LogP contribution in [0.2, 0.25) is 0 Å². The van der Waals surface area contributed by atoms with Crippen LogP contribution < -0.4 is 10.6 Å². The van der Waals surface area contributed by atoms with Crippen LogP contribution in [0.5, 0.6) is 0 Å². The lowest BCUT2D eigenvalue weighted by atomic mass is 9.98. The lowest BCUT2D eigenvalue weighted by molar-refractivity contribution is -0.142. The highest BCUT2D eigenvalue weighted by Crippen LogP contribution is 2.41. The number of carbonyl (C=O) groups excluding carboxylic acids is 1. The van der Waals surface area contributed by atoms with Crippen molar-refractivity contribution in [2.75, 3.05) is 19.0 Å². The fourth-order valence-electron chi connectivity index (χ4n) is 3.91. The van der Waals surface area contributed by atoms with E-state index in [1.165, 1.54) is 25.3 Å². The van der Waals surface area contributed by atoms with Gasteiger partial charge in [0.05, 0.1) is 11.7 Å². The van der Waals surface area contributed by atoms with Gasteiger partial charge in [0, 0.05) is 36.0 Å². The molecule has 1 amide bonds. The Morgan fingerprint density at radius 1 is 1.29 bits per heavy atom. The molecule has 0 unspecified atom stereocenters. The van der Waals surface area contributed by atoms with Gasteiger partial charge in [0.1, 0.15) is 24.2 Å². The van der Waals surface area contributed by atoms with Gasteiger partial charge in [0.15, 0.2) is 0 Å². The maximum absolute atomic E-state index is 13.7. The minimum atomic E-state index is -0.959. The molecule has 31 heavy (non-hydrogen) atoms. The number of amides is 1. The third-order valence-electron chi connectivity index (χ3n) is 5.62. The standard InChI is InChI=1S/C23H23FN2O5/c1-12(30-2)20(23(28)29)25-8-7-13-3-5-16-14(9-13)11-31-21(16)19-17-10-15(24)4-6-18(17)26-22(19)27/h3-6,9-10,12,20,25H,7-8,11H2,1-2H3,(H,26,27)(H,28,29)/b21-19+/t12-,20+/m1/s1. The smallest absolute Gasteiger partial charge is 0.323 e. The summed E-state index contributed by atoms with van der Waals surface area (Å²) in [5.74, 6) is -1.25. The summed E-state index contributed by atoms with van der Waals surface area (Å²) in [6, 6.07) is 9.17. The van der Waals surface area contributed by atoms with Gasteiger partial charge in [-0.2, -0.15) is 0 Å². The van der Waals surface area contributed by atoms with Gasteiger partial charge in [-0.1, -0.05) is 18.2 Å². The molecule has 8 heteroatoms. The summed E-state index contributed by atoms with van der Waals surface area (Å²) in [6.45, 7) is 2.48. The Morgan fingerprint density at radius 3 is 2.84 bits per heavy atom. The van der Waals surface area contributed by atoms with Crippen molar-refractivity contribution in [2.45, 2.75) is 32.1 Å². The molecule has 4 rings (SSSR count). The Hall–Kier alpha value is -3.23. The number of benzene rings is 2. The average Bonchev–Trinajstić information content (AvgIpc) is 3.29. The van der Waals surface area contributed by atoms with Crippen LogP contribution in [-0.2, 0) is 32.1 Å². The monoisotopic (exact) mass is 426 g/mol. The molecule has 7 nitrogen and oxygen atoms in total. The van der Waals surface area contributed by atoms with E-state index in [4.69, 9.17) is 9.47 Å². The number of hydrogen-bond donors (Lipinski definition) is 3. The van der Waals surface area contributed by atoms with Crippen molar-refractivity contribution in [1.29, 1.82) is 0 Å². The van der Waals surface area contributed by atoms with E-state index in [1.807, 2.05) is 18.2 Å². The second kappa shape index (κ2) is 8.49. The van der Waals surface area contributed by atoms with Crippen LogP contribution >= 0.6 is 0 Å². The van der Waals surface area contributed by atoms with Crippen LogP contribution in [0.4, 0.5) is 10.1 Å². The van der Waals surface area contributed by atoms with Crippen molar-refractivity contribution in [3.05, 3.63) is 64.5 Å². The molecular formula is C23H23FN2O5. The highest BCUT2D eigenvalue weighted by atomic mass is 19.1. The topological polar surface area (TPSA) is 96.9 Å². The number of carbonyl (C=O) groups is 2. The maximum Gasteiger partial charge on any atom is 0.323 e. The predicted molar refractivity (Wildman–Crippen MR) is 113 cm³/mol. The zero-order valence-corrected chi connectivity index (χ0v) is 17.2. The zero-order chi connectivity index (χ0) is 22.1. The first-order chi connectivity index (χ1) is 14.9. The van der Waals surface area contributed by atoms with Crippen molar-refractivity contribution in [3.63, 3.8) is 0 Å². The molecule has 0 aliphatic carbocycles. The lowest BCUT2D eigenvalue weighted by Crippen LogP contribution is -2.46. The molecule has 2 aromatic rings. The fourth-order valence-corrected chi connectivity index (χ4v) is 3.91. The van der Waals surface area contributed by atoms with Crippen LogP contribution in [0.15, 0.2) is 36.4 Å². The number of rotatable bonds is 7. The largest absolute Gasteiger partial charge is 0.487 e. The van der Waals surface area contributed by atoms with Crippen molar-refractivity contribution in [3.8, 4) is 0 Å². The van der Waals surface area contributed by atoms with E-state index in [0.717, 1.165) is 16.7 Å². The number of fused-ring (bicyclic) bond motifs is 2. The van der Waals surface area contributed by atoms with Crippen LogP contribution in [-0.4, -0.2) is 42.8 Å². The third-order valence-corrected chi connectivity index (χ3v) is 5.62. The highest BCUT2D eigenvalue weighted by molar-refractivity contribution is 6.36. The van der Waals surface area contributed by atoms with Crippen molar-refractivity contribution < 1.29 is 28.6 Å². The molecule has 0 saturated heterocycles. The zero-order valence-electron chi connectivity index (χ0n) is 17.2. The molecule has 2 atom stereocenters. The first-order valence-electron chi connectivity index (χ1n) is 9.98. The number of carboxylic acid groups (broad SMARTS) is 1. The molecule has 162 valence electrons. The van der Waals surface area contributed by atoms with Crippen LogP contribution in [0.3, 0.4) is 0 Å². The number of carboxylic acids is 1. The lowest BCUT2D eigenvalue weighted by Gasteiger charge is -2.20. The summed E-state index contributed by atoms with van der Waals surface area (Å²) in [5, 5.41) is 15.1. The molecule has 2 aliphatic rings. The van der Waals surface area contributed by atoms with Gasteiger partial charge in [-0.05, 0) is 37.1 Å². The van der Waals surface area contributed by atoms with E-state index < -0.39 is 23.9 Å². The second-order valence-electron chi connectivity index (χ2n) is 7.59. The molecule has 0 spiro atoms. The van der Waals surface area contributed by atoms with Gasteiger partial charge < -0.3 is 25.2 Å². The Balaban J connectivity index is 1.53. The van der Waals surface area contributed by atoms with Gasteiger partial charge in [0.25, 0.3) is 5.91 Å². The molecule has 3 N–H and O–H groups in total. The minimum absolute atomic E-state index is 0.311. The molecule has 0 saturated carbocycles. The normalized spacial score (nSPS) is 18.7. The number of ether oxygens (including phenoxy) is 2. The van der Waals surface area contributed by atoms with Gasteiger partial charge in [-0.25, -0.2) is 4.39 Å². The SMILES string of the molecule is CO[C@H](C)[C@H](NCCc1ccc2c(c1)CO/C2=C1/C(=O)Nc2ccc(F)cc21)C(=O)O. The number of methoxy groups -OCH3 is 1. The number of anilines is 1. The van der Waals surface area contributed by atoms with E-state index in [0.29, 0.717) is 42.2 Å². The van der Waals surface area contributed by atoms with Gasteiger partial charge >= 0.3 is 5.97 Å². The van der Waals surface area contributed by atoms with Gasteiger partial charge in [0.2, 0.25) is 0 Å². The molecule has 2 aliphatic heterocycles. The predicted octanol–water partition coefficient (Wildman–Crippen LogP) is 2.80. The Bertz CT molecular complexity index is 1080. The fraction of sp³-hybridized carbons (Fsp3) is 0.304. The van der Waals surface area contributed by atoms with Gasteiger partial charge in [-0.15, -0.1) is 0 Å². The molecule has 0 fully saturated rings. The van der Waals surface area contributed by atoms with E-state index in [1.54, 1.807) is 6.92 Å². The maximum atomic E-state index is 13.7. The summed E-state index contributed by atoms with van der Waals surface area (Å²) < 4.78 is 24.7. The minimum Gasteiger partial charge on any atom is -0.487 e. The van der Waals surface area contributed by atoms with Crippen LogP contribution in [0, 0.1) is 5.82 Å². The molecule has 0 aromatic heterocycles. The van der Waals surface area contributed by atoms with E-state index in [9.17, 15) is 19.1 Å². The highest BCUT2D eigenvalue weighted by Gasteiger charge is 2.33. The van der Waals surface area contributed by atoms with Crippen LogP contribution in [0.1, 0.15) is 29.2 Å². The first kappa shape index (κ1) is 21.0. The molecule has 0 bridgehead atoms. The Kier molecular flexibility index (Phi) is 5.75. The summed E-state index contributed by atoms with van der Waals surface area (Å²) in [4.78, 5) is 23.9. The summed E-state index contributed by atoms with van der Waals surface area (Å²) in [6.07, 6.45) is 0.166.